The molecule has 1 unspecified atom stereocenters. The van der Waals surface area contributed by atoms with E-state index in [1.807, 2.05) is 0 Å². The molecule has 0 radical (unpaired) electrons. The van der Waals surface area contributed by atoms with Crippen molar-refractivity contribution in [2.45, 2.75) is 58.8 Å². The van der Waals surface area contributed by atoms with Crippen LogP contribution in [-0.2, 0) is 0 Å². The monoisotopic (exact) mass is 368 g/mol. The maximum atomic E-state index is 4.14. The van der Waals surface area contributed by atoms with E-state index in [2.05, 4.69) is 81.9 Å². The van der Waals surface area contributed by atoms with E-state index < -0.39 is 0 Å². The molecule has 1 fully saturated rings. The van der Waals surface area contributed by atoms with Crippen LogP contribution in [0.3, 0.4) is 0 Å². The molecule has 1 saturated carbocycles. The normalized spacial score (nSPS) is 19.2. The van der Waals surface area contributed by atoms with Crippen molar-refractivity contribution < 1.29 is 0 Å². The first-order valence-corrected chi connectivity index (χ1v) is 10.9. The fourth-order valence-corrected chi connectivity index (χ4v) is 5.03. The van der Waals surface area contributed by atoms with E-state index in [0.29, 0.717) is 5.92 Å². The maximum absolute atomic E-state index is 4.14. The van der Waals surface area contributed by atoms with E-state index in [1.165, 1.54) is 65.1 Å². The first-order valence-electron chi connectivity index (χ1n) is 10.9. The van der Waals surface area contributed by atoms with Crippen LogP contribution in [0.5, 0.6) is 0 Å². The van der Waals surface area contributed by atoms with Gasteiger partial charge in [-0.1, -0.05) is 86.4 Å². The fourth-order valence-electron chi connectivity index (χ4n) is 5.03. The summed E-state index contributed by atoms with van der Waals surface area (Å²) < 4.78 is 0. The van der Waals surface area contributed by atoms with E-state index >= 15 is 0 Å². The van der Waals surface area contributed by atoms with E-state index in [0.717, 1.165) is 11.5 Å². The summed E-state index contributed by atoms with van der Waals surface area (Å²) in [7, 11) is 0. The van der Waals surface area contributed by atoms with Crippen LogP contribution >= 0.6 is 0 Å². The van der Waals surface area contributed by atoms with Gasteiger partial charge in [-0.15, -0.1) is 0 Å². The Bertz CT molecular complexity index is 990. The Morgan fingerprint density at radius 1 is 0.964 bits per heavy atom. The molecule has 0 bridgehead atoms. The van der Waals surface area contributed by atoms with Gasteiger partial charge < -0.3 is 0 Å². The Kier molecular flexibility index (Phi) is 5.40. The SMILES string of the molecule is C=C(C)c1ccc2cc(-c3ccc(C)cc3)c(C3CCC[C@@H]3CCC)cc2c1. The molecule has 28 heavy (non-hydrogen) atoms. The van der Waals surface area contributed by atoms with E-state index in [4.69, 9.17) is 0 Å². The van der Waals surface area contributed by atoms with Crippen LogP contribution in [0.15, 0.2) is 61.2 Å². The van der Waals surface area contributed by atoms with Crippen molar-refractivity contribution in [1.29, 1.82) is 0 Å². The topological polar surface area (TPSA) is 0 Å². The highest BCUT2D eigenvalue weighted by molar-refractivity contribution is 5.91. The lowest BCUT2D eigenvalue weighted by atomic mass is 9.81. The zero-order chi connectivity index (χ0) is 19.7. The first-order chi connectivity index (χ1) is 13.6. The van der Waals surface area contributed by atoms with Crippen molar-refractivity contribution in [3.8, 4) is 11.1 Å². The Labute approximate surface area is 170 Å². The van der Waals surface area contributed by atoms with Crippen molar-refractivity contribution in [1.82, 2.24) is 0 Å². The molecule has 0 saturated heterocycles. The van der Waals surface area contributed by atoms with Gasteiger partial charge in [-0.3, -0.25) is 0 Å². The summed E-state index contributed by atoms with van der Waals surface area (Å²) in [4.78, 5) is 0. The van der Waals surface area contributed by atoms with Gasteiger partial charge in [0, 0.05) is 0 Å². The van der Waals surface area contributed by atoms with Gasteiger partial charge in [0.15, 0.2) is 0 Å². The van der Waals surface area contributed by atoms with Crippen molar-refractivity contribution >= 4 is 16.3 Å². The van der Waals surface area contributed by atoms with Gasteiger partial charge in [-0.25, -0.2) is 0 Å². The molecule has 0 N–H and O–H groups in total. The lowest BCUT2D eigenvalue weighted by Crippen LogP contribution is -2.07. The summed E-state index contributed by atoms with van der Waals surface area (Å²) in [5.41, 5.74) is 8.05. The average molecular weight is 369 g/mol. The van der Waals surface area contributed by atoms with Crippen molar-refractivity contribution in [2.24, 2.45) is 5.92 Å². The largest absolute Gasteiger partial charge is 0.0955 e. The average Bonchev–Trinajstić information content (AvgIpc) is 3.15. The molecule has 4 rings (SSSR count). The fraction of sp³-hybridized carbons (Fsp3) is 0.357. The summed E-state index contributed by atoms with van der Waals surface area (Å²) in [6, 6.07) is 20.8. The molecule has 0 heteroatoms. The molecule has 0 nitrogen and oxygen atoms in total. The second-order valence-corrected chi connectivity index (χ2v) is 8.73. The third-order valence-electron chi connectivity index (χ3n) is 6.58. The van der Waals surface area contributed by atoms with Crippen LogP contribution in [0.25, 0.3) is 27.5 Å². The van der Waals surface area contributed by atoms with Gasteiger partial charge in [0.25, 0.3) is 0 Å². The molecular formula is C28H32. The van der Waals surface area contributed by atoms with Gasteiger partial charge in [-0.2, -0.15) is 0 Å². The van der Waals surface area contributed by atoms with Crippen LogP contribution in [0.1, 0.15) is 68.6 Å². The first kappa shape index (κ1) is 19.0. The van der Waals surface area contributed by atoms with Crippen LogP contribution in [0.4, 0.5) is 0 Å². The summed E-state index contributed by atoms with van der Waals surface area (Å²) in [6.07, 6.45) is 6.72. The molecule has 0 spiro atoms. The van der Waals surface area contributed by atoms with Crippen molar-refractivity contribution in [3.05, 3.63) is 77.9 Å². The summed E-state index contributed by atoms with van der Waals surface area (Å²) in [6.45, 7) is 10.7. The highest BCUT2D eigenvalue weighted by Crippen LogP contribution is 2.46. The van der Waals surface area contributed by atoms with E-state index in [1.54, 1.807) is 5.56 Å². The van der Waals surface area contributed by atoms with Crippen LogP contribution in [0, 0.1) is 12.8 Å². The minimum Gasteiger partial charge on any atom is -0.0955 e. The summed E-state index contributed by atoms with van der Waals surface area (Å²) in [5.74, 6) is 1.52. The zero-order valence-electron chi connectivity index (χ0n) is 17.6. The minimum absolute atomic E-state index is 0.689. The molecule has 2 atom stereocenters. The van der Waals surface area contributed by atoms with Crippen molar-refractivity contribution in [2.75, 3.05) is 0 Å². The van der Waals surface area contributed by atoms with Gasteiger partial charge in [0.2, 0.25) is 0 Å². The highest BCUT2D eigenvalue weighted by Gasteiger charge is 2.30. The standard InChI is InChI=1S/C28H32/c1-5-7-21-8-6-9-26(21)28-18-25-16-23(19(2)3)14-15-24(25)17-27(28)22-12-10-20(4)11-13-22/h10-18,21,26H,2,5-9H2,1,3-4H3/t21-,26?/m0/s1. The predicted octanol–water partition coefficient (Wildman–Crippen LogP) is 8.53. The van der Waals surface area contributed by atoms with E-state index in [9.17, 15) is 0 Å². The third kappa shape index (κ3) is 3.65. The number of hydrogen-bond donors (Lipinski definition) is 0. The Hall–Kier alpha value is -2.34. The molecular weight excluding hydrogens is 336 g/mol. The third-order valence-corrected chi connectivity index (χ3v) is 6.58. The van der Waals surface area contributed by atoms with Gasteiger partial charge in [-0.05, 0) is 83.7 Å². The quantitative estimate of drug-likeness (QED) is 0.423. The minimum atomic E-state index is 0.689. The Morgan fingerprint density at radius 3 is 2.46 bits per heavy atom. The number of rotatable bonds is 5. The van der Waals surface area contributed by atoms with Crippen LogP contribution < -0.4 is 0 Å². The summed E-state index contributed by atoms with van der Waals surface area (Å²) in [5, 5.41) is 2.68. The molecule has 0 aromatic heterocycles. The number of hydrogen-bond acceptors (Lipinski definition) is 0. The lowest BCUT2D eigenvalue weighted by Gasteiger charge is -2.24. The number of benzene rings is 3. The number of allylic oxidation sites excluding steroid dienone is 1. The molecule has 0 aliphatic heterocycles. The molecule has 3 aromatic rings. The van der Waals surface area contributed by atoms with Gasteiger partial charge >= 0.3 is 0 Å². The highest BCUT2D eigenvalue weighted by atomic mass is 14.3. The van der Waals surface area contributed by atoms with Crippen LogP contribution in [0.2, 0.25) is 0 Å². The molecule has 0 amide bonds. The van der Waals surface area contributed by atoms with Crippen LogP contribution in [-0.4, -0.2) is 0 Å². The number of fused-ring (bicyclic) bond motifs is 1. The Morgan fingerprint density at radius 2 is 1.75 bits per heavy atom. The number of aryl methyl sites for hydroxylation is 1. The second kappa shape index (κ2) is 7.95. The molecule has 1 aliphatic carbocycles. The Balaban J connectivity index is 1.90. The molecule has 144 valence electrons. The second-order valence-electron chi connectivity index (χ2n) is 8.73. The lowest BCUT2D eigenvalue weighted by molar-refractivity contribution is 0.445. The molecule has 0 heterocycles. The predicted molar refractivity (Wildman–Crippen MR) is 124 cm³/mol. The van der Waals surface area contributed by atoms with Gasteiger partial charge in [0.05, 0.1) is 0 Å². The maximum Gasteiger partial charge on any atom is -0.0127 e. The molecule has 3 aromatic carbocycles. The zero-order valence-corrected chi connectivity index (χ0v) is 17.6. The smallest absolute Gasteiger partial charge is 0.0127 e. The van der Waals surface area contributed by atoms with Gasteiger partial charge in [0.1, 0.15) is 0 Å². The van der Waals surface area contributed by atoms with Crippen molar-refractivity contribution in [3.63, 3.8) is 0 Å². The molecule has 1 aliphatic rings. The van der Waals surface area contributed by atoms with E-state index in [-0.39, 0.29) is 0 Å². The summed E-state index contributed by atoms with van der Waals surface area (Å²) >= 11 is 0.